The Morgan fingerprint density at radius 1 is 1.04 bits per heavy atom. The van der Waals surface area contributed by atoms with Crippen molar-refractivity contribution in [2.24, 2.45) is 10.7 Å². The molecular formula is C35H30F5N7O3. The molecule has 0 bridgehead atoms. The summed E-state index contributed by atoms with van der Waals surface area (Å²) in [5, 5.41) is 5.26. The number of halogens is 5. The predicted octanol–water partition coefficient (Wildman–Crippen LogP) is 7.30. The Balaban J connectivity index is 1.25. The van der Waals surface area contributed by atoms with E-state index >= 15 is 4.39 Å². The van der Waals surface area contributed by atoms with Gasteiger partial charge in [0.25, 0.3) is 5.91 Å². The van der Waals surface area contributed by atoms with Gasteiger partial charge >= 0.3 is 6.18 Å². The molecule has 3 aromatic carbocycles. The molecule has 0 aliphatic carbocycles. The standard InChI is InChI=1S/C35H30F5N7O3/c1-2-31(48)47-16-4-6-22(20-47)21-5-3-7-25(17-21)45-34-42-15-14-30(46-34)50-29-13-12-26(18-28(29)37)44-33(49)27(19-41)32(35(38,39)40)43-24-10-8-23(36)9-11-24/h2-3,5,7-15,17-19,22H,1,4,6,16,20,41H2,(H,44,49)(H,42,45,46)/b27-19+,43-32?. The van der Waals surface area contributed by atoms with Crippen molar-refractivity contribution in [3.05, 3.63) is 121 Å². The van der Waals surface area contributed by atoms with Gasteiger partial charge in [-0.3, -0.25) is 9.59 Å². The number of aliphatic imine (C=N–C) groups is 1. The molecule has 1 fully saturated rings. The van der Waals surface area contributed by atoms with Gasteiger partial charge in [0.15, 0.2) is 17.3 Å². The summed E-state index contributed by atoms with van der Waals surface area (Å²) in [6.45, 7) is 4.83. The zero-order chi connectivity index (χ0) is 35.8. The number of nitrogens with two attached hydrogens (primary N) is 1. The first-order valence-corrected chi connectivity index (χ1v) is 15.2. The molecular weight excluding hydrogens is 661 g/mol. The second-order valence-corrected chi connectivity index (χ2v) is 11.0. The van der Waals surface area contributed by atoms with Crippen molar-refractivity contribution in [3.8, 4) is 11.6 Å². The Morgan fingerprint density at radius 3 is 2.52 bits per heavy atom. The summed E-state index contributed by atoms with van der Waals surface area (Å²) in [7, 11) is 0. The number of carbonyl (C=O) groups is 2. The first kappa shape index (κ1) is 35.2. The van der Waals surface area contributed by atoms with E-state index in [1.54, 1.807) is 4.90 Å². The van der Waals surface area contributed by atoms with Crippen molar-refractivity contribution in [1.82, 2.24) is 14.9 Å². The third-order valence-corrected chi connectivity index (χ3v) is 7.56. The Kier molecular flexibility index (Phi) is 10.8. The van der Waals surface area contributed by atoms with Crippen molar-refractivity contribution in [3.63, 3.8) is 0 Å². The lowest BCUT2D eigenvalue weighted by molar-refractivity contribution is -0.127. The summed E-state index contributed by atoms with van der Waals surface area (Å²) in [5.74, 6) is -3.11. The molecule has 1 saturated heterocycles. The van der Waals surface area contributed by atoms with E-state index in [1.807, 2.05) is 24.3 Å². The van der Waals surface area contributed by atoms with Crippen molar-refractivity contribution >= 4 is 40.5 Å². The molecule has 1 aromatic heterocycles. The summed E-state index contributed by atoms with van der Waals surface area (Å²) in [6.07, 6.45) is -0.193. The number of benzene rings is 3. The molecule has 5 rings (SSSR count). The molecule has 258 valence electrons. The molecule has 15 heteroatoms. The topological polar surface area (TPSA) is 135 Å². The van der Waals surface area contributed by atoms with E-state index in [-0.39, 0.29) is 40.8 Å². The highest BCUT2D eigenvalue weighted by molar-refractivity contribution is 6.27. The molecule has 1 aliphatic heterocycles. The average Bonchev–Trinajstić information content (AvgIpc) is 3.10. The van der Waals surface area contributed by atoms with E-state index in [2.05, 4.69) is 32.2 Å². The monoisotopic (exact) mass is 691 g/mol. The van der Waals surface area contributed by atoms with Gasteiger partial charge in [0.1, 0.15) is 5.82 Å². The van der Waals surface area contributed by atoms with E-state index in [9.17, 15) is 27.2 Å². The number of rotatable bonds is 10. The van der Waals surface area contributed by atoms with Crippen molar-refractivity contribution in [2.45, 2.75) is 24.9 Å². The van der Waals surface area contributed by atoms with Crippen LogP contribution in [-0.2, 0) is 9.59 Å². The number of likely N-dealkylation sites (tertiary alicyclic amines) is 1. The molecule has 1 atom stereocenters. The van der Waals surface area contributed by atoms with Crippen LogP contribution in [0.1, 0.15) is 24.3 Å². The quantitative estimate of drug-likeness (QED) is 0.0903. The van der Waals surface area contributed by atoms with E-state index in [1.165, 1.54) is 24.4 Å². The van der Waals surface area contributed by atoms with Gasteiger partial charge in [-0.05, 0) is 73.0 Å². The Hall–Kier alpha value is -6.12. The van der Waals surface area contributed by atoms with Crippen LogP contribution in [-0.4, -0.2) is 51.7 Å². The second kappa shape index (κ2) is 15.4. The van der Waals surface area contributed by atoms with Crippen LogP contribution in [0.5, 0.6) is 11.6 Å². The fourth-order valence-electron chi connectivity index (χ4n) is 5.19. The van der Waals surface area contributed by atoms with Crippen LogP contribution in [0, 0.1) is 11.6 Å². The Bertz CT molecular complexity index is 1950. The number of anilines is 3. The van der Waals surface area contributed by atoms with Crippen LogP contribution in [0.15, 0.2) is 108 Å². The lowest BCUT2D eigenvalue weighted by atomic mass is 9.90. The maximum atomic E-state index is 15.1. The number of hydrogen-bond acceptors (Lipinski definition) is 8. The third kappa shape index (κ3) is 8.86. The normalized spacial score (nSPS) is 15.3. The zero-order valence-corrected chi connectivity index (χ0v) is 26.3. The fourth-order valence-corrected chi connectivity index (χ4v) is 5.19. The van der Waals surface area contributed by atoms with E-state index < -0.39 is 35.0 Å². The van der Waals surface area contributed by atoms with Gasteiger partial charge in [-0.15, -0.1) is 0 Å². The summed E-state index contributed by atoms with van der Waals surface area (Å²) in [6, 6.07) is 16.0. The zero-order valence-electron chi connectivity index (χ0n) is 26.3. The number of nitrogens with zero attached hydrogens (tertiary/aromatic N) is 4. The predicted molar refractivity (Wildman–Crippen MR) is 177 cm³/mol. The van der Waals surface area contributed by atoms with Gasteiger partial charge in [0.05, 0.1) is 11.3 Å². The molecule has 50 heavy (non-hydrogen) atoms. The number of ether oxygens (including phenoxy) is 1. The van der Waals surface area contributed by atoms with Crippen LogP contribution in [0.3, 0.4) is 0 Å². The summed E-state index contributed by atoms with van der Waals surface area (Å²) < 4.78 is 75.4. The smallest absolute Gasteiger partial charge is 0.434 e. The highest BCUT2D eigenvalue weighted by Gasteiger charge is 2.40. The highest BCUT2D eigenvalue weighted by Crippen LogP contribution is 2.31. The molecule has 1 aliphatic rings. The first-order valence-electron chi connectivity index (χ1n) is 15.2. The number of alkyl halides is 3. The van der Waals surface area contributed by atoms with Crippen LogP contribution in [0.25, 0.3) is 0 Å². The maximum absolute atomic E-state index is 15.1. The molecule has 4 N–H and O–H groups in total. The molecule has 0 saturated carbocycles. The minimum absolute atomic E-state index is 0.0274. The molecule has 0 radical (unpaired) electrons. The van der Waals surface area contributed by atoms with Crippen LogP contribution in [0.4, 0.5) is 45.0 Å². The SMILES string of the molecule is C=CC(=O)N1CCCC(c2cccc(Nc3nccc(Oc4ccc(NC(=O)/C(=C/N)C(=Nc5ccc(F)cc5)C(F)(F)F)cc4F)n3)c2)C1. The largest absolute Gasteiger partial charge is 0.436 e. The van der Waals surface area contributed by atoms with Crippen molar-refractivity contribution in [1.29, 1.82) is 0 Å². The van der Waals surface area contributed by atoms with Gasteiger partial charge in [-0.25, -0.2) is 18.8 Å². The number of carbonyl (C=O) groups excluding carboxylic acids is 2. The van der Waals surface area contributed by atoms with Crippen LogP contribution in [0.2, 0.25) is 0 Å². The summed E-state index contributed by atoms with van der Waals surface area (Å²) in [4.78, 5) is 38.6. The maximum Gasteiger partial charge on any atom is 0.434 e. The summed E-state index contributed by atoms with van der Waals surface area (Å²) in [5.41, 5.74) is 3.93. The second-order valence-electron chi connectivity index (χ2n) is 11.0. The van der Waals surface area contributed by atoms with Gasteiger partial charge in [-0.1, -0.05) is 18.7 Å². The Labute approximate surface area is 283 Å². The van der Waals surface area contributed by atoms with E-state index in [0.29, 0.717) is 25.0 Å². The van der Waals surface area contributed by atoms with Crippen molar-refractivity contribution < 1.29 is 36.3 Å². The van der Waals surface area contributed by atoms with Gasteiger partial charge in [0.2, 0.25) is 17.7 Å². The van der Waals surface area contributed by atoms with Gasteiger partial charge in [-0.2, -0.15) is 18.2 Å². The van der Waals surface area contributed by atoms with Crippen LogP contribution < -0.4 is 21.1 Å². The third-order valence-electron chi connectivity index (χ3n) is 7.56. The summed E-state index contributed by atoms with van der Waals surface area (Å²) >= 11 is 0. The minimum atomic E-state index is -5.11. The highest BCUT2D eigenvalue weighted by atomic mass is 19.4. The van der Waals surface area contributed by atoms with E-state index in [0.717, 1.165) is 54.8 Å². The van der Waals surface area contributed by atoms with Crippen LogP contribution >= 0.6 is 0 Å². The minimum Gasteiger partial charge on any atom is -0.436 e. The first-order chi connectivity index (χ1) is 23.9. The number of piperidine rings is 1. The Morgan fingerprint density at radius 2 is 1.82 bits per heavy atom. The molecule has 2 amide bonds. The van der Waals surface area contributed by atoms with Crippen molar-refractivity contribution in [2.75, 3.05) is 23.7 Å². The lowest BCUT2D eigenvalue weighted by Gasteiger charge is -2.32. The lowest BCUT2D eigenvalue weighted by Crippen LogP contribution is -2.38. The molecule has 2 heterocycles. The number of aromatic nitrogens is 2. The van der Waals surface area contributed by atoms with Gasteiger partial charge in [0, 0.05) is 54.9 Å². The number of hydrogen-bond donors (Lipinski definition) is 3. The number of nitrogens with one attached hydrogen (secondary N) is 2. The van der Waals surface area contributed by atoms with E-state index in [4.69, 9.17) is 10.5 Å². The van der Waals surface area contributed by atoms with Gasteiger partial charge < -0.3 is 26.0 Å². The fraction of sp³-hybridized carbons (Fsp3) is 0.171. The molecule has 0 spiro atoms. The number of amides is 2. The molecule has 10 nitrogen and oxygen atoms in total. The average molecular weight is 692 g/mol. The molecule has 4 aromatic rings. The molecule has 1 unspecified atom stereocenters.